The number of hydrogen-bond donors (Lipinski definition) is 1. The molecule has 0 saturated carbocycles. The number of rotatable bonds is 27. The Bertz CT molecular complexity index is 552. The molecule has 0 aliphatic carbocycles. The molecule has 0 amide bonds. The van der Waals surface area contributed by atoms with Gasteiger partial charge in [-0.3, -0.25) is 9.59 Å². The smallest absolute Gasteiger partial charge is 0.306 e. The van der Waals surface area contributed by atoms with Crippen molar-refractivity contribution in [1.29, 1.82) is 0 Å². The quantitative estimate of drug-likeness (QED) is 0.0683. The number of carbonyl (C=O) groups is 2. The van der Waals surface area contributed by atoms with E-state index < -0.39 is 5.97 Å². The number of allylic oxidation sites excluding steroid dienone is 4. The molecular formula is C32H58O4. The molecule has 0 rings (SSSR count). The third kappa shape index (κ3) is 27.0. The van der Waals surface area contributed by atoms with Crippen molar-refractivity contribution >= 4 is 11.9 Å². The second-order valence-electron chi connectivity index (χ2n) is 10.3. The van der Waals surface area contributed by atoms with E-state index in [0.717, 1.165) is 57.8 Å². The highest BCUT2D eigenvalue weighted by atomic mass is 16.5. The van der Waals surface area contributed by atoms with E-state index in [1.807, 2.05) is 0 Å². The maximum atomic E-state index is 12.3. The van der Waals surface area contributed by atoms with E-state index in [2.05, 4.69) is 38.2 Å². The molecule has 36 heavy (non-hydrogen) atoms. The van der Waals surface area contributed by atoms with E-state index in [1.54, 1.807) is 0 Å². The maximum Gasteiger partial charge on any atom is 0.306 e. The first-order valence-corrected chi connectivity index (χ1v) is 15.3. The largest absolute Gasteiger partial charge is 0.481 e. The molecule has 0 aromatic heterocycles. The highest BCUT2D eigenvalue weighted by Crippen LogP contribution is 2.17. The van der Waals surface area contributed by atoms with E-state index in [1.165, 1.54) is 70.6 Å². The molecule has 4 nitrogen and oxygen atoms in total. The van der Waals surface area contributed by atoms with Gasteiger partial charge in [-0.05, 0) is 70.6 Å². The minimum Gasteiger partial charge on any atom is -0.481 e. The zero-order chi connectivity index (χ0) is 26.5. The maximum absolute atomic E-state index is 12.3. The lowest BCUT2D eigenvalue weighted by Crippen LogP contribution is -2.18. The van der Waals surface area contributed by atoms with Gasteiger partial charge in [0, 0.05) is 12.8 Å². The molecule has 210 valence electrons. The van der Waals surface area contributed by atoms with Crippen LogP contribution in [0.3, 0.4) is 0 Å². The summed E-state index contributed by atoms with van der Waals surface area (Å²) >= 11 is 0. The normalized spacial score (nSPS) is 12.5. The fourth-order valence-corrected chi connectivity index (χ4v) is 4.39. The Morgan fingerprint density at radius 1 is 0.611 bits per heavy atom. The Kier molecular flexibility index (Phi) is 26.8. The van der Waals surface area contributed by atoms with E-state index in [9.17, 15) is 9.59 Å². The van der Waals surface area contributed by atoms with Gasteiger partial charge in [0.2, 0.25) is 0 Å². The molecule has 0 aromatic rings. The van der Waals surface area contributed by atoms with Crippen molar-refractivity contribution in [2.75, 3.05) is 0 Å². The molecule has 0 bridgehead atoms. The highest BCUT2D eigenvalue weighted by Gasteiger charge is 2.14. The first kappa shape index (κ1) is 34.4. The molecule has 0 heterocycles. The highest BCUT2D eigenvalue weighted by molar-refractivity contribution is 5.69. The number of esters is 1. The third-order valence-corrected chi connectivity index (χ3v) is 6.68. The summed E-state index contributed by atoms with van der Waals surface area (Å²) in [5.41, 5.74) is 0. The number of carboxylic acids is 1. The lowest BCUT2D eigenvalue weighted by atomic mass is 10.0. The number of ether oxygens (including phenoxy) is 1. The first-order chi connectivity index (χ1) is 17.6. The zero-order valence-corrected chi connectivity index (χ0v) is 23.8. The summed E-state index contributed by atoms with van der Waals surface area (Å²) in [6.45, 7) is 4.43. The third-order valence-electron chi connectivity index (χ3n) is 6.68. The van der Waals surface area contributed by atoms with Gasteiger partial charge in [0.05, 0.1) is 0 Å². The molecule has 0 saturated heterocycles. The Morgan fingerprint density at radius 2 is 1.08 bits per heavy atom. The van der Waals surface area contributed by atoms with Gasteiger partial charge in [-0.15, -0.1) is 0 Å². The molecule has 0 fully saturated rings. The monoisotopic (exact) mass is 506 g/mol. The summed E-state index contributed by atoms with van der Waals surface area (Å²) in [5.74, 6) is -0.783. The van der Waals surface area contributed by atoms with E-state index in [0.29, 0.717) is 12.8 Å². The molecule has 0 spiro atoms. The SMILES string of the molecule is CCCCC/C=C\C/C=C\CCCCCCCCCC(=O)OC(CCCCC)CCCCCC(=O)O. The van der Waals surface area contributed by atoms with E-state index in [-0.39, 0.29) is 18.5 Å². The van der Waals surface area contributed by atoms with Gasteiger partial charge in [0.25, 0.3) is 0 Å². The molecule has 1 N–H and O–H groups in total. The van der Waals surface area contributed by atoms with Crippen molar-refractivity contribution < 1.29 is 19.4 Å². The van der Waals surface area contributed by atoms with Gasteiger partial charge in [-0.1, -0.05) is 102 Å². The van der Waals surface area contributed by atoms with Crippen molar-refractivity contribution in [3.05, 3.63) is 24.3 Å². The van der Waals surface area contributed by atoms with Crippen molar-refractivity contribution in [1.82, 2.24) is 0 Å². The lowest BCUT2D eigenvalue weighted by molar-refractivity contribution is -0.150. The molecule has 4 heteroatoms. The van der Waals surface area contributed by atoms with Crippen LogP contribution in [0.1, 0.15) is 162 Å². The van der Waals surface area contributed by atoms with Gasteiger partial charge in [-0.2, -0.15) is 0 Å². The first-order valence-electron chi connectivity index (χ1n) is 15.3. The van der Waals surface area contributed by atoms with Crippen LogP contribution in [0.4, 0.5) is 0 Å². The van der Waals surface area contributed by atoms with Crippen LogP contribution in [0.25, 0.3) is 0 Å². The molecular weight excluding hydrogens is 448 g/mol. The Morgan fingerprint density at radius 3 is 1.69 bits per heavy atom. The summed E-state index contributed by atoms with van der Waals surface area (Å²) in [4.78, 5) is 23.0. The van der Waals surface area contributed by atoms with Crippen LogP contribution in [0.2, 0.25) is 0 Å². The second kappa shape index (κ2) is 28.0. The molecule has 0 aliphatic rings. The van der Waals surface area contributed by atoms with Crippen molar-refractivity contribution in [3.63, 3.8) is 0 Å². The van der Waals surface area contributed by atoms with Crippen LogP contribution in [0, 0.1) is 0 Å². The Hall–Kier alpha value is -1.58. The Labute approximate surface area is 223 Å². The topological polar surface area (TPSA) is 63.6 Å². The number of hydrogen-bond acceptors (Lipinski definition) is 3. The van der Waals surface area contributed by atoms with E-state index >= 15 is 0 Å². The van der Waals surface area contributed by atoms with Crippen LogP contribution in [0.15, 0.2) is 24.3 Å². The summed E-state index contributed by atoms with van der Waals surface area (Å²) in [5, 5.41) is 8.75. The van der Waals surface area contributed by atoms with Crippen LogP contribution >= 0.6 is 0 Å². The Balaban J connectivity index is 3.71. The van der Waals surface area contributed by atoms with Gasteiger partial charge in [0.15, 0.2) is 0 Å². The number of aliphatic carboxylic acids is 1. The molecule has 0 radical (unpaired) electrons. The van der Waals surface area contributed by atoms with Crippen LogP contribution in [0.5, 0.6) is 0 Å². The predicted molar refractivity (Wildman–Crippen MR) is 153 cm³/mol. The summed E-state index contributed by atoms with van der Waals surface area (Å²) in [6.07, 6.45) is 33.5. The standard InChI is InChI=1S/C32H58O4/c1-3-5-7-8-9-10-11-12-13-14-15-16-17-18-19-20-25-29-32(35)36-30(26-22-6-4-2)27-23-21-24-28-31(33)34/h9-10,12-13,30H,3-8,11,14-29H2,1-2H3,(H,33,34)/b10-9-,13-12-. The molecule has 1 atom stereocenters. The molecule has 1 unspecified atom stereocenters. The minimum absolute atomic E-state index is 0.00439. The zero-order valence-electron chi connectivity index (χ0n) is 23.8. The molecule has 0 aromatic carbocycles. The van der Waals surface area contributed by atoms with Gasteiger partial charge in [0.1, 0.15) is 6.10 Å². The predicted octanol–water partition coefficient (Wildman–Crippen LogP) is 10.1. The summed E-state index contributed by atoms with van der Waals surface area (Å²) in [7, 11) is 0. The lowest BCUT2D eigenvalue weighted by Gasteiger charge is -2.18. The van der Waals surface area contributed by atoms with E-state index in [4.69, 9.17) is 9.84 Å². The van der Waals surface area contributed by atoms with Crippen LogP contribution in [-0.2, 0) is 14.3 Å². The summed E-state index contributed by atoms with van der Waals surface area (Å²) < 4.78 is 5.79. The van der Waals surface area contributed by atoms with Crippen molar-refractivity contribution in [3.8, 4) is 0 Å². The molecule has 0 aliphatic heterocycles. The minimum atomic E-state index is -0.731. The number of unbranched alkanes of at least 4 members (excludes halogenated alkanes) is 14. The second-order valence-corrected chi connectivity index (χ2v) is 10.3. The van der Waals surface area contributed by atoms with Crippen LogP contribution in [-0.4, -0.2) is 23.1 Å². The average Bonchev–Trinajstić information content (AvgIpc) is 2.85. The fourth-order valence-electron chi connectivity index (χ4n) is 4.39. The number of carboxylic acid groups (broad SMARTS) is 1. The summed E-state index contributed by atoms with van der Waals surface area (Å²) in [6, 6.07) is 0. The van der Waals surface area contributed by atoms with Gasteiger partial charge < -0.3 is 9.84 Å². The van der Waals surface area contributed by atoms with Crippen LogP contribution < -0.4 is 0 Å². The van der Waals surface area contributed by atoms with Crippen molar-refractivity contribution in [2.45, 2.75) is 168 Å². The number of carbonyl (C=O) groups excluding carboxylic acids is 1. The van der Waals surface area contributed by atoms with Gasteiger partial charge >= 0.3 is 11.9 Å². The fraction of sp³-hybridized carbons (Fsp3) is 0.812. The van der Waals surface area contributed by atoms with Crippen molar-refractivity contribution in [2.24, 2.45) is 0 Å². The van der Waals surface area contributed by atoms with Gasteiger partial charge in [-0.25, -0.2) is 0 Å². The average molecular weight is 507 g/mol.